The number of amides is 1. The Kier molecular flexibility index (Phi) is 4.79. The zero-order valence-electron chi connectivity index (χ0n) is 15.8. The SMILES string of the molecule is CCn1ccnc1[C@H]1CCCN(C(=O)c2cc(OC)nc3ccccc23)C1. The Morgan fingerprint density at radius 3 is 3.00 bits per heavy atom. The number of hydrogen-bond donors (Lipinski definition) is 0. The smallest absolute Gasteiger partial charge is 0.254 e. The van der Waals surface area contributed by atoms with Crippen molar-refractivity contribution in [2.45, 2.75) is 32.2 Å². The van der Waals surface area contributed by atoms with Gasteiger partial charge in [0, 0.05) is 49.4 Å². The average Bonchev–Trinajstić information content (AvgIpc) is 3.21. The van der Waals surface area contributed by atoms with Crippen LogP contribution >= 0.6 is 0 Å². The lowest BCUT2D eigenvalue weighted by molar-refractivity contribution is 0.0705. The van der Waals surface area contributed by atoms with Gasteiger partial charge in [-0.05, 0) is 25.8 Å². The van der Waals surface area contributed by atoms with Crippen molar-refractivity contribution in [2.24, 2.45) is 0 Å². The van der Waals surface area contributed by atoms with Gasteiger partial charge in [-0.1, -0.05) is 18.2 Å². The first-order valence-electron chi connectivity index (χ1n) is 9.45. The third-order valence-corrected chi connectivity index (χ3v) is 5.29. The first-order chi connectivity index (χ1) is 13.2. The number of ether oxygens (including phenoxy) is 1. The lowest BCUT2D eigenvalue weighted by Gasteiger charge is -2.33. The van der Waals surface area contributed by atoms with Crippen LogP contribution in [0.25, 0.3) is 10.9 Å². The van der Waals surface area contributed by atoms with Crippen molar-refractivity contribution in [1.82, 2.24) is 19.4 Å². The number of carbonyl (C=O) groups excluding carboxylic acids is 1. The van der Waals surface area contributed by atoms with Gasteiger partial charge in [-0.3, -0.25) is 4.79 Å². The summed E-state index contributed by atoms with van der Waals surface area (Å²) in [5.41, 5.74) is 1.42. The van der Waals surface area contributed by atoms with Gasteiger partial charge in [0.2, 0.25) is 5.88 Å². The van der Waals surface area contributed by atoms with Crippen LogP contribution in [0.3, 0.4) is 0 Å². The molecule has 4 rings (SSSR count). The van der Waals surface area contributed by atoms with Crippen molar-refractivity contribution in [3.05, 3.63) is 54.1 Å². The fraction of sp³-hybridized carbons (Fsp3) is 0.381. The highest BCUT2D eigenvalue weighted by Crippen LogP contribution is 2.29. The second-order valence-corrected chi connectivity index (χ2v) is 6.89. The molecule has 27 heavy (non-hydrogen) atoms. The molecule has 1 amide bonds. The molecule has 1 aliphatic rings. The maximum absolute atomic E-state index is 13.4. The lowest BCUT2D eigenvalue weighted by Crippen LogP contribution is -2.39. The number of methoxy groups -OCH3 is 1. The van der Waals surface area contributed by atoms with Crippen molar-refractivity contribution in [3.8, 4) is 5.88 Å². The summed E-state index contributed by atoms with van der Waals surface area (Å²) in [6.45, 7) is 4.47. The summed E-state index contributed by atoms with van der Waals surface area (Å²) >= 11 is 0. The maximum Gasteiger partial charge on any atom is 0.254 e. The summed E-state index contributed by atoms with van der Waals surface area (Å²) < 4.78 is 7.49. The van der Waals surface area contributed by atoms with Crippen LogP contribution in [0.15, 0.2) is 42.7 Å². The van der Waals surface area contributed by atoms with Gasteiger partial charge in [0.25, 0.3) is 5.91 Å². The predicted molar refractivity (Wildman–Crippen MR) is 104 cm³/mol. The number of fused-ring (bicyclic) bond motifs is 1. The molecule has 0 spiro atoms. The summed E-state index contributed by atoms with van der Waals surface area (Å²) in [6.07, 6.45) is 5.90. The number of piperidine rings is 1. The molecule has 0 bridgehead atoms. The first-order valence-corrected chi connectivity index (χ1v) is 9.45. The van der Waals surface area contributed by atoms with Gasteiger partial charge in [-0.15, -0.1) is 0 Å². The number of benzene rings is 1. The fourth-order valence-corrected chi connectivity index (χ4v) is 3.92. The zero-order chi connectivity index (χ0) is 18.8. The van der Waals surface area contributed by atoms with E-state index in [2.05, 4.69) is 21.5 Å². The van der Waals surface area contributed by atoms with Crippen LogP contribution in [0.4, 0.5) is 0 Å². The number of imidazole rings is 1. The van der Waals surface area contributed by atoms with Crippen molar-refractivity contribution in [3.63, 3.8) is 0 Å². The number of para-hydroxylation sites is 1. The van der Waals surface area contributed by atoms with E-state index in [0.717, 1.165) is 42.7 Å². The summed E-state index contributed by atoms with van der Waals surface area (Å²) in [7, 11) is 1.58. The number of likely N-dealkylation sites (tertiary alicyclic amines) is 1. The molecule has 0 aliphatic carbocycles. The molecule has 1 saturated heterocycles. The van der Waals surface area contributed by atoms with Gasteiger partial charge in [-0.2, -0.15) is 0 Å². The number of nitrogens with zero attached hydrogens (tertiary/aromatic N) is 4. The lowest BCUT2D eigenvalue weighted by atomic mass is 9.96. The largest absolute Gasteiger partial charge is 0.481 e. The van der Waals surface area contributed by atoms with E-state index in [9.17, 15) is 4.79 Å². The highest BCUT2D eigenvalue weighted by Gasteiger charge is 2.29. The molecule has 3 aromatic rings. The second kappa shape index (κ2) is 7.39. The van der Waals surface area contributed by atoms with Crippen molar-refractivity contribution in [2.75, 3.05) is 20.2 Å². The molecular formula is C21H24N4O2. The monoisotopic (exact) mass is 364 g/mol. The average molecular weight is 364 g/mol. The van der Waals surface area contributed by atoms with E-state index < -0.39 is 0 Å². The number of hydrogen-bond acceptors (Lipinski definition) is 4. The number of pyridine rings is 1. The highest BCUT2D eigenvalue weighted by molar-refractivity contribution is 6.06. The van der Waals surface area contributed by atoms with Crippen LogP contribution in [-0.4, -0.2) is 45.5 Å². The van der Waals surface area contributed by atoms with Crippen LogP contribution in [0.5, 0.6) is 5.88 Å². The minimum atomic E-state index is 0.0335. The molecule has 2 aromatic heterocycles. The first kappa shape index (κ1) is 17.5. The van der Waals surface area contributed by atoms with Crippen LogP contribution in [0.1, 0.15) is 41.9 Å². The third-order valence-electron chi connectivity index (χ3n) is 5.29. The normalized spacial score (nSPS) is 17.3. The van der Waals surface area contributed by atoms with Crippen molar-refractivity contribution < 1.29 is 9.53 Å². The minimum absolute atomic E-state index is 0.0335. The Balaban J connectivity index is 1.66. The Labute approximate surface area is 158 Å². The van der Waals surface area contributed by atoms with Gasteiger partial charge in [0.15, 0.2) is 0 Å². The minimum Gasteiger partial charge on any atom is -0.481 e. The molecule has 3 heterocycles. The zero-order valence-corrected chi connectivity index (χ0v) is 15.8. The Morgan fingerprint density at radius 1 is 1.33 bits per heavy atom. The summed E-state index contributed by atoms with van der Waals surface area (Å²) in [4.78, 5) is 24.3. The third kappa shape index (κ3) is 3.27. The van der Waals surface area contributed by atoms with Gasteiger partial charge in [0.05, 0.1) is 18.2 Å². The van der Waals surface area contributed by atoms with Crippen LogP contribution in [-0.2, 0) is 6.54 Å². The van der Waals surface area contributed by atoms with Crippen molar-refractivity contribution in [1.29, 1.82) is 0 Å². The molecular weight excluding hydrogens is 340 g/mol. The number of aryl methyl sites for hydroxylation is 1. The Bertz CT molecular complexity index is 966. The molecule has 1 atom stereocenters. The molecule has 1 aromatic carbocycles. The van der Waals surface area contributed by atoms with Gasteiger partial charge < -0.3 is 14.2 Å². The van der Waals surface area contributed by atoms with Gasteiger partial charge >= 0.3 is 0 Å². The van der Waals surface area contributed by atoms with E-state index >= 15 is 0 Å². The van der Waals surface area contributed by atoms with Crippen LogP contribution < -0.4 is 4.74 Å². The van der Waals surface area contributed by atoms with E-state index in [0.29, 0.717) is 18.0 Å². The summed E-state index contributed by atoms with van der Waals surface area (Å²) in [5.74, 6) is 1.85. The van der Waals surface area contributed by atoms with E-state index in [1.165, 1.54) is 0 Å². The van der Waals surface area contributed by atoms with E-state index in [1.54, 1.807) is 13.2 Å². The molecule has 140 valence electrons. The van der Waals surface area contributed by atoms with Gasteiger partial charge in [-0.25, -0.2) is 9.97 Å². The molecule has 1 aliphatic heterocycles. The molecule has 6 nitrogen and oxygen atoms in total. The second-order valence-electron chi connectivity index (χ2n) is 6.89. The van der Waals surface area contributed by atoms with E-state index in [1.807, 2.05) is 41.6 Å². The molecule has 1 fully saturated rings. The van der Waals surface area contributed by atoms with Gasteiger partial charge in [0.1, 0.15) is 5.82 Å². The van der Waals surface area contributed by atoms with Crippen LogP contribution in [0.2, 0.25) is 0 Å². The molecule has 0 N–H and O–H groups in total. The molecule has 0 radical (unpaired) electrons. The number of rotatable bonds is 4. The summed E-state index contributed by atoms with van der Waals surface area (Å²) in [5, 5.41) is 0.862. The van der Waals surface area contributed by atoms with Crippen molar-refractivity contribution >= 4 is 16.8 Å². The fourth-order valence-electron chi connectivity index (χ4n) is 3.92. The number of carbonyl (C=O) groups is 1. The number of aromatic nitrogens is 3. The highest BCUT2D eigenvalue weighted by atomic mass is 16.5. The Hall–Kier alpha value is -2.89. The topological polar surface area (TPSA) is 60.2 Å². The molecule has 0 unspecified atom stereocenters. The maximum atomic E-state index is 13.4. The van der Waals surface area contributed by atoms with Crippen LogP contribution in [0, 0.1) is 0 Å². The van der Waals surface area contributed by atoms with E-state index in [4.69, 9.17) is 4.74 Å². The molecule has 6 heteroatoms. The molecule has 0 saturated carbocycles. The standard InChI is InChI=1S/C21H24N4O2/c1-3-24-12-10-22-20(24)15-7-6-11-25(14-15)21(26)17-13-19(27-2)23-18-9-5-4-8-16(17)18/h4-5,8-10,12-13,15H,3,6-7,11,14H2,1-2H3/t15-/m0/s1. The quantitative estimate of drug-likeness (QED) is 0.711. The summed E-state index contributed by atoms with van der Waals surface area (Å²) in [6, 6.07) is 9.46. The van der Waals surface area contributed by atoms with E-state index in [-0.39, 0.29) is 11.8 Å². The Morgan fingerprint density at radius 2 is 2.19 bits per heavy atom. The predicted octanol–water partition coefficient (Wildman–Crippen LogP) is 3.48.